The highest BCUT2D eigenvalue weighted by Crippen LogP contribution is 2.26. The van der Waals surface area contributed by atoms with E-state index in [4.69, 9.17) is 11.6 Å². The third kappa shape index (κ3) is 4.30. The minimum absolute atomic E-state index is 0.138. The lowest BCUT2D eigenvalue weighted by molar-refractivity contribution is -0.0510. The molecule has 1 fully saturated rings. The third-order valence-electron chi connectivity index (χ3n) is 3.11. The predicted molar refractivity (Wildman–Crippen MR) is 68.6 cm³/mol. The van der Waals surface area contributed by atoms with Gasteiger partial charge in [0.05, 0.1) is 6.10 Å². The number of aliphatic hydroxyl groups excluding tert-OH is 1. The van der Waals surface area contributed by atoms with Gasteiger partial charge >= 0.3 is 6.61 Å². The van der Waals surface area contributed by atoms with E-state index in [1.807, 2.05) is 4.90 Å². The fourth-order valence-corrected chi connectivity index (χ4v) is 2.49. The molecule has 106 valence electrons. The molecular formula is C13H16ClF2NO2. The Kier molecular flexibility index (Phi) is 4.96. The molecule has 1 atom stereocenters. The summed E-state index contributed by atoms with van der Waals surface area (Å²) < 4.78 is 29.2. The minimum atomic E-state index is -2.85. The summed E-state index contributed by atoms with van der Waals surface area (Å²) in [5.41, 5.74) is 0.613. The first-order valence-corrected chi connectivity index (χ1v) is 6.56. The summed E-state index contributed by atoms with van der Waals surface area (Å²) in [6.07, 6.45) is 1.33. The maximum atomic E-state index is 12.3. The zero-order valence-corrected chi connectivity index (χ0v) is 11.1. The van der Waals surface area contributed by atoms with Crippen LogP contribution >= 0.6 is 11.6 Å². The summed E-state index contributed by atoms with van der Waals surface area (Å²) in [5, 5.41) is 10.1. The van der Waals surface area contributed by atoms with Crippen LogP contribution in [0.3, 0.4) is 0 Å². The Hall–Kier alpha value is -0.910. The molecule has 1 N–H and O–H groups in total. The molecule has 1 aliphatic heterocycles. The highest BCUT2D eigenvalue weighted by atomic mass is 35.5. The van der Waals surface area contributed by atoms with Crippen molar-refractivity contribution in [2.45, 2.75) is 32.1 Å². The fraction of sp³-hybridized carbons (Fsp3) is 0.538. The second kappa shape index (κ2) is 6.50. The van der Waals surface area contributed by atoms with E-state index in [1.165, 1.54) is 12.1 Å². The second-order valence-electron chi connectivity index (χ2n) is 4.66. The third-order valence-corrected chi connectivity index (χ3v) is 3.35. The number of benzene rings is 1. The van der Waals surface area contributed by atoms with Crippen molar-refractivity contribution in [3.8, 4) is 5.75 Å². The van der Waals surface area contributed by atoms with Gasteiger partial charge in [-0.2, -0.15) is 8.78 Å². The van der Waals surface area contributed by atoms with Gasteiger partial charge in [0.1, 0.15) is 5.75 Å². The molecule has 1 unspecified atom stereocenters. The largest absolute Gasteiger partial charge is 0.434 e. The molecule has 0 radical (unpaired) electrons. The molecular weight excluding hydrogens is 276 g/mol. The number of likely N-dealkylation sites (tertiary alicyclic amines) is 1. The molecule has 19 heavy (non-hydrogen) atoms. The van der Waals surface area contributed by atoms with Crippen molar-refractivity contribution in [2.75, 3.05) is 13.1 Å². The van der Waals surface area contributed by atoms with Crippen LogP contribution in [0.5, 0.6) is 5.75 Å². The number of nitrogens with zero attached hydrogens (tertiary/aromatic N) is 1. The Balaban J connectivity index is 2.10. The fourth-order valence-electron chi connectivity index (χ4n) is 2.30. The van der Waals surface area contributed by atoms with E-state index in [-0.39, 0.29) is 11.9 Å². The van der Waals surface area contributed by atoms with Crippen molar-refractivity contribution in [3.63, 3.8) is 0 Å². The number of hydrogen-bond acceptors (Lipinski definition) is 3. The molecule has 2 rings (SSSR count). The standard InChI is InChI=1S/C13H16ClF2NO2/c14-10-3-4-12(19-13(15)16)9(6-10)7-17-5-1-2-11(18)8-17/h3-4,6,11,13,18H,1-2,5,7-8H2. The SMILES string of the molecule is OC1CCCN(Cc2cc(Cl)ccc2OC(F)F)C1. The van der Waals surface area contributed by atoms with E-state index in [2.05, 4.69) is 4.74 Å². The predicted octanol–water partition coefficient (Wildman–Crippen LogP) is 2.90. The minimum Gasteiger partial charge on any atom is -0.434 e. The summed E-state index contributed by atoms with van der Waals surface area (Å²) in [4.78, 5) is 2.01. The van der Waals surface area contributed by atoms with Crippen molar-refractivity contribution in [3.05, 3.63) is 28.8 Å². The van der Waals surface area contributed by atoms with Gasteiger partial charge in [0.25, 0.3) is 0 Å². The zero-order valence-electron chi connectivity index (χ0n) is 10.4. The Morgan fingerprint density at radius 2 is 2.26 bits per heavy atom. The number of β-amino-alcohol motifs (C(OH)–C–C–N with tert-alkyl or cyclic N) is 1. The van der Waals surface area contributed by atoms with E-state index in [0.29, 0.717) is 23.7 Å². The van der Waals surface area contributed by atoms with E-state index in [0.717, 1.165) is 19.4 Å². The monoisotopic (exact) mass is 291 g/mol. The van der Waals surface area contributed by atoms with Crippen LogP contribution in [-0.2, 0) is 6.54 Å². The van der Waals surface area contributed by atoms with Crippen LogP contribution in [0.25, 0.3) is 0 Å². The Morgan fingerprint density at radius 1 is 1.47 bits per heavy atom. The van der Waals surface area contributed by atoms with Gasteiger partial charge in [0.2, 0.25) is 0 Å². The zero-order chi connectivity index (χ0) is 13.8. The molecule has 0 bridgehead atoms. The average Bonchev–Trinajstić information content (AvgIpc) is 2.32. The normalized spacial score (nSPS) is 20.8. The van der Waals surface area contributed by atoms with Crippen molar-refractivity contribution >= 4 is 11.6 Å². The van der Waals surface area contributed by atoms with Gasteiger partial charge in [-0.3, -0.25) is 4.90 Å². The van der Waals surface area contributed by atoms with Crippen LogP contribution in [0.4, 0.5) is 8.78 Å². The first-order chi connectivity index (χ1) is 9.04. The van der Waals surface area contributed by atoms with E-state index in [1.54, 1.807) is 6.07 Å². The first kappa shape index (κ1) is 14.5. The lowest BCUT2D eigenvalue weighted by Crippen LogP contribution is -2.37. The Labute approximate surface area is 115 Å². The van der Waals surface area contributed by atoms with Gasteiger partial charge in [-0.05, 0) is 37.6 Å². The van der Waals surface area contributed by atoms with Crippen molar-refractivity contribution in [1.29, 1.82) is 0 Å². The van der Waals surface area contributed by atoms with Gasteiger partial charge in [-0.1, -0.05) is 11.6 Å². The number of rotatable bonds is 4. The van der Waals surface area contributed by atoms with Crippen LogP contribution in [0, 0.1) is 0 Å². The second-order valence-corrected chi connectivity index (χ2v) is 5.10. The lowest BCUT2D eigenvalue weighted by atomic mass is 10.1. The summed E-state index contributed by atoms with van der Waals surface area (Å²) in [7, 11) is 0. The van der Waals surface area contributed by atoms with Crippen LogP contribution < -0.4 is 4.74 Å². The van der Waals surface area contributed by atoms with Crippen LogP contribution in [0.1, 0.15) is 18.4 Å². The summed E-state index contributed by atoms with van der Waals surface area (Å²) in [6.45, 7) is -1.04. The van der Waals surface area contributed by atoms with Crippen molar-refractivity contribution < 1.29 is 18.6 Å². The highest BCUT2D eigenvalue weighted by molar-refractivity contribution is 6.30. The topological polar surface area (TPSA) is 32.7 Å². The van der Waals surface area contributed by atoms with Gasteiger partial charge in [0.15, 0.2) is 0 Å². The number of halogens is 3. The highest BCUT2D eigenvalue weighted by Gasteiger charge is 2.19. The van der Waals surface area contributed by atoms with Crippen LogP contribution in [0.15, 0.2) is 18.2 Å². The van der Waals surface area contributed by atoms with Crippen LogP contribution in [0.2, 0.25) is 5.02 Å². The maximum absolute atomic E-state index is 12.3. The van der Waals surface area contributed by atoms with Gasteiger partial charge in [-0.15, -0.1) is 0 Å². The van der Waals surface area contributed by atoms with Crippen molar-refractivity contribution in [1.82, 2.24) is 4.90 Å². The number of ether oxygens (including phenoxy) is 1. The van der Waals surface area contributed by atoms with Gasteiger partial charge < -0.3 is 9.84 Å². The molecule has 1 aromatic carbocycles. The molecule has 3 nitrogen and oxygen atoms in total. The molecule has 0 spiro atoms. The molecule has 1 aromatic rings. The molecule has 1 saturated heterocycles. The quantitative estimate of drug-likeness (QED) is 0.926. The number of hydrogen-bond donors (Lipinski definition) is 1. The molecule has 0 amide bonds. The van der Waals surface area contributed by atoms with Crippen LogP contribution in [-0.4, -0.2) is 35.8 Å². The van der Waals surface area contributed by atoms with Crippen molar-refractivity contribution in [2.24, 2.45) is 0 Å². The maximum Gasteiger partial charge on any atom is 0.387 e. The Bertz CT molecular complexity index is 431. The van der Waals surface area contributed by atoms with Gasteiger partial charge in [0, 0.05) is 23.7 Å². The summed E-state index contributed by atoms with van der Waals surface area (Å²) in [6, 6.07) is 4.60. The summed E-state index contributed by atoms with van der Waals surface area (Å²) in [5.74, 6) is 0.138. The molecule has 1 heterocycles. The molecule has 0 aliphatic carbocycles. The number of aliphatic hydroxyl groups is 1. The summed E-state index contributed by atoms with van der Waals surface area (Å²) >= 11 is 5.89. The number of piperidine rings is 1. The Morgan fingerprint density at radius 3 is 2.95 bits per heavy atom. The van der Waals surface area contributed by atoms with E-state index >= 15 is 0 Å². The molecule has 6 heteroatoms. The lowest BCUT2D eigenvalue weighted by Gasteiger charge is -2.30. The van der Waals surface area contributed by atoms with E-state index < -0.39 is 6.61 Å². The first-order valence-electron chi connectivity index (χ1n) is 6.18. The molecule has 0 aromatic heterocycles. The number of alkyl halides is 2. The molecule has 1 aliphatic rings. The average molecular weight is 292 g/mol. The van der Waals surface area contributed by atoms with E-state index in [9.17, 15) is 13.9 Å². The molecule has 0 saturated carbocycles. The smallest absolute Gasteiger partial charge is 0.387 e. The van der Waals surface area contributed by atoms with Gasteiger partial charge in [-0.25, -0.2) is 0 Å².